The number of amides is 1. The number of nitrogens with zero attached hydrogens (tertiary/aromatic N) is 3. The normalized spacial score (nSPS) is 18.8. The predicted molar refractivity (Wildman–Crippen MR) is 122 cm³/mol. The summed E-state index contributed by atoms with van der Waals surface area (Å²) < 4.78 is 10.8. The highest BCUT2D eigenvalue weighted by atomic mass is 16.5. The van der Waals surface area contributed by atoms with E-state index in [1.165, 1.54) is 11.9 Å². The van der Waals surface area contributed by atoms with E-state index in [0.29, 0.717) is 35.9 Å². The number of aromatic nitrogens is 2. The van der Waals surface area contributed by atoms with Crippen molar-refractivity contribution in [1.82, 2.24) is 14.9 Å². The lowest BCUT2D eigenvalue weighted by molar-refractivity contribution is 0.0377. The molecule has 1 fully saturated rings. The zero-order valence-corrected chi connectivity index (χ0v) is 18.9. The molecule has 1 N–H and O–H groups in total. The molecule has 1 aliphatic rings. The van der Waals surface area contributed by atoms with Crippen molar-refractivity contribution >= 4 is 16.8 Å². The molecular formula is C25H29N3O4. The molecule has 7 heteroatoms. The van der Waals surface area contributed by atoms with Gasteiger partial charge < -0.3 is 19.5 Å². The molecule has 3 aromatic rings. The van der Waals surface area contributed by atoms with Gasteiger partial charge in [-0.2, -0.15) is 0 Å². The molecule has 1 amide bonds. The van der Waals surface area contributed by atoms with Gasteiger partial charge in [0.05, 0.1) is 31.5 Å². The van der Waals surface area contributed by atoms with Crippen LogP contribution in [0, 0.1) is 0 Å². The monoisotopic (exact) mass is 435 g/mol. The summed E-state index contributed by atoms with van der Waals surface area (Å²) >= 11 is 0. The number of aliphatic hydroxyl groups excluding tert-OH is 1. The maximum Gasteiger partial charge on any atom is 0.253 e. The Morgan fingerprint density at radius 3 is 2.41 bits per heavy atom. The van der Waals surface area contributed by atoms with Gasteiger partial charge in [0, 0.05) is 36.0 Å². The van der Waals surface area contributed by atoms with Crippen LogP contribution in [0.5, 0.6) is 11.5 Å². The molecule has 0 radical (unpaired) electrons. The van der Waals surface area contributed by atoms with Gasteiger partial charge in [-0.05, 0) is 36.1 Å². The van der Waals surface area contributed by atoms with Crippen LogP contribution in [0.15, 0.2) is 42.7 Å². The molecular weight excluding hydrogens is 406 g/mol. The third kappa shape index (κ3) is 4.12. The zero-order chi connectivity index (χ0) is 22.8. The summed E-state index contributed by atoms with van der Waals surface area (Å²) in [7, 11) is 3.17. The Labute approximate surface area is 188 Å². The lowest BCUT2D eigenvalue weighted by Crippen LogP contribution is -2.46. The molecule has 4 rings (SSSR count). The molecule has 2 heterocycles. The smallest absolute Gasteiger partial charge is 0.253 e. The van der Waals surface area contributed by atoms with Crippen LogP contribution in [-0.4, -0.2) is 59.3 Å². The predicted octanol–water partition coefficient (Wildman–Crippen LogP) is 3.76. The summed E-state index contributed by atoms with van der Waals surface area (Å²) in [5.74, 6) is 1.33. The molecule has 168 valence electrons. The van der Waals surface area contributed by atoms with Gasteiger partial charge in [-0.15, -0.1) is 0 Å². The number of methoxy groups -OCH3 is 2. The standard InChI is InChI=1S/C25H29N3O4/c1-15(2)16-5-7-17(8-6-16)25(30)28-10-9-18(21(29)13-28)24-19-11-22(31-3)23(32-4)12-20(19)26-14-27-24/h5-8,11-12,14-15,18,21,29H,9-10,13H2,1-4H3. The molecule has 0 aliphatic carbocycles. The van der Waals surface area contributed by atoms with Crippen molar-refractivity contribution in [2.75, 3.05) is 27.3 Å². The minimum atomic E-state index is -0.728. The van der Waals surface area contributed by atoms with E-state index in [-0.39, 0.29) is 18.4 Å². The van der Waals surface area contributed by atoms with Gasteiger partial charge in [0.25, 0.3) is 5.91 Å². The maximum atomic E-state index is 13.0. The number of hydrogen-bond donors (Lipinski definition) is 1. The number of carbonyl (C=O) groups excluding carboxylic acids is 1. The van der Waals surface area contributed by atoms with Crippen molar-refractivity contribution in [3.05, 3.63) is 59.5 Å². The van der Waals surface area contributed by atoms with Gasteiger partial charge >= 0.3 is 0 Å². The summed E-state index contributed by atoms with van der Waals surface area (Å²) in [6, 6.07) is 11.4. The summed E-state index contributed by atoms with van der Waals surface area (Å²) in [4.78, 5) is 23.6. The SMILES string of the molecule is COc1cc2ncnc(C3CCN(C(=O)c4ccc(C(C)C)cc4)CC3O)c2cc1OC. The Morgan fingerprint density at radius 1 is 1.09 bits per heavy atom. The van der Waals surface area contributed by atoms with Gasteiger partial charge in [0.1, 0.15) is 6.33 Å². The number of aliphatic hydroxyl groups is 1. The molecule has 2 atom stereocenters. The first kappa shape index (κ1) is 22.0. The lowest BCUT2D eigenvalue weighted by Gasteiger charge is -2.36. The Morgan fingerprint density at radius 2 is 1.78 bits per heavy atom. The third-order valence-electron chi connectivity index (χ3n) is 6.22. The number of ether oxygens (including phenoxy) is 2. The van der Waals surface area contributed by atoms with E-state index in [2.05, 4.69) is 23.8 Å². The summed E-state index contributed by atoms with van der Waals surface area (Å²) in [5.41, 5.74) is 3.33. The Kier molecular flexibility index (Phi) is 6.28. The molecule has 1 aromatic heterocycles. The Hall–Kier alpha value is -3.19. The van der Waals surface area contributed by atoms with Gasteiger partial charge in [-0.1, -0.05) is 26.0 Å². The maximum absolute atomic E-state index is 13.0. The van der Waals surface area contributed by atoms with Gasteiger partial charge in [-0.3, -0.25) is 4.79 Å². The first-order chi connectivity index (χ1) is 15.4. The van der Waals surface area contributed by atoms with Crippen LogP contribution in [0.25, 0.3) is 10.9 Å². The van der Waals surface area contributed by atoms with Crippen molar-refractivity contribution in [3.8, 4) is 11.5 Å². The first-order valence-electron chi connectivity index (χ1n) is 10.9. The first-order valence-corrected chi connectivity index (χ1v) is 10.9. The minimum absolute atomic E-state index is 0.0586. The van der Waals surface area contributed by atoms with Crippen molar-refractivity contribution < 1.29 is 19.4 Å². The van der Waals surface area contributed by atoms with Crippen LogP contribution in [0.2, 0.25) is 0 Å². The number of likely N-dealkylation sites (tertiary alicyclic amines) is 1. The van der Waals surface area contributed by atoms with Gasteiger partial charge in [0.2, 0.25) is 0 Å². The minimum Gasteiger partial charge on any atom is -0.493 e. The molecule has 0 spiro atoms. The second-order valence-corrected chi connectivity index (χ2v) is 8.47. The van der Waals surface area contributed by atoms with E-state index in [4.69, 9.17) is 9.47 Å². The van der Waals surface area contributed by atoms with Crippen LogP contribution in [0.3, 0.4) is 0 Å². The summed E-state index contributed by atoms with van der Waals surface area (Å²) in [6.07, 6.45) is 1.38. The lowest BCUT2D eigenvalue weighted by atomic mass is 9.88. The Balaban J connectivity index is 1.56. The second-order valence-electron chi connectivity index (χ2n) is 8.47. The van der Waals surface area contributed by atoms with E-state index < -0.39 is 6.10 Å². The van der Waals surface area contributed by atoms with E-state index in [0.717, 1.165) is 16.6 Å². The van der Waals surface area contributed by atoms with Gasteiger partial charge in [0.15, 0.2) is 11.5 Å². The van der Waals surface area contributed by atoms with Crippen LogP contribution in [-0.2, 0) is 0 Å². The van der Waals surface area contributed by atoms with Crippen molar-refractivity contribution in [1.29, 1.82) is 0 Å². The molecule has 0 bridgehead atoms. The molecule has 0 saturated carbocycles. The largest absolute Gasteiger partial charge is 0.493 e. The van der Waals surface area contributed by atoms with E-state index in [9.17, 15) is 9.90 Å². The van der Waals surface area contributed by atoms with Crippen molar-refractivity contribution in [2.24, 2.45) is 0 Å². The highest BCUT2D eigenvalue weighted by Crippen LogP contribution is 2.37. The fourth-order valence-electron chi connectivity index (χ4n) is 4.33. The third-order valence-corrected chi connectivity index (χ3v) is 6.22. The van der Waals surface area contributed by atoms with Gasteiger partial charge in [-0.25, -0.2) is 9.97 Å². The number of benzene rings is 2. The average Bonchev–Trinajstić information content (AvgIpc) is 2.82. The average molecular weight is 436 g/mol. The second kappa shape index (κ2) is 9.12. The zero-order valence-electron chi connectivity index (χ0n) is 18.9. The molecule has 2 aromatic carbocycles. The fourth-order valence-corrected chi connectivity index (χ4v) is 4.33. The van der Waals surface area contributed by atoms with E-state index >= 15 is 0 Å². The van der Waals surface area contributed by atoms with E-state index in [1.807, 2.05) is 36.4 Å². The molecule has 1 saturated heterocycles. The number of hydrogen-bond acceptors (Lipinski definition) is 6. The number of carbonyl (C=O) groups is 1. The van der Waals surface area contributed by atoms with Crippen LogP contribution < -0.4 is 9.47 Å². The number of piperidine rings is 1. The quantitative estimate of drug-likeness (QED) is 0.657. The fraction of sp³-hybridized carbons (Fsp3) is 0.400. The molecule has 32 heavy (non-hydrogen) atoms. The van der Waals surface area contributed by atoms with Crippen LogP contribution >= 0.6 is 0 Å². The highest BCUT2D eigenvalue weighted by Gasteiger charge is 2.33. The number of rotatable bonds is 5. The highest BCUT2D eigenvalue weighted by molar-refractivity contribution is 5.94. The van der Waals surface area contributed by atoms with E-state index in [1.54, 1.807) is 19.1 Å². The summed E-state index contributed by atoms with van der Waals surface area (Å²) in [5, 5.41) is 11.8. The Bertz CT molecular complexity index is 1110. The molecule has 2 unspecified atom stereocenters. The summed E-state index contributed by atoms with van der Waals surface area (Å²) in [6.45, 7) is 5.06. The number of β-amino-alcohol motifs (C(OH)–C–C–N with tert-alkyl or cyclic N) is 1. The van der Waals surface area contributed by atoms with Crippen molar-refractivity contribution in [3.63, 3.8) is 0 Å². The van der Waals surface area contributed by atoms with Crippen molar-refractivity contribution in [2.45, 2.75) is 38.2 Å². The molecule has 1 aliphatic heterocycles. The number of fused-ring (bicyclic) bond motifs is 1. The van der Waals surface area contributed by atoms with Crippen LogP contribution in [0.4, 0.5) is 0 Å². The molecule has 7 nitrogen and oxygen atoms in total. The van der Waals surface area contributed by atoms with Crippen LogP contribution in [0.1, 0.15) is 53.7 Å². The topological polar surface area (TPSA) is 84.8 Å².